The highest BCUT2D eigenvalue weighted by atomic mass is 16.5. The van der Waals surface area contributed by atoms with Crippen LogP contribution in [0.1, 0.15) is 43.9 Å². The van der Waals surface area contributed by atoms with Crippen molar-refractivity contribution in [2.45, 2.75) is 38.0 Å². The molecule has 2 aromatic carbocycles. The SMILES string of the molecule is COc1ccc(N2C[C@@H](C(=O)Nc3cccc(-c4noc(C5CCCC5)n4)c3)CC2=O)cc1. The van der Waals surface area contributed by atoms with E-state index in [9.17, 15) is 9.59 Å². The topological polar surface area (TPSA) is 97.6 Å². The number of rotatable bonds is 6. The molecule has 33 heavy (non-hydrogen) atoms. The third-order valence-electron chi connectivity index (χ3n) is 6.41. The number of benzene rings is 2. The van der Waals surface area contributed by atoms with Crippen LogP contribution in [0.4, 0.5) is 11.4 Å². The lowest BCUT2D eigenvalue weighted by atomic mass is 10.1. The molecule has 1 N–H and O–H groups in total. The Morgan fingerprint density at radius 2 is 1.94 bits per heavy atom. The van der Waals surface area contributed by atoms with Gasteiger partial charge >= 0.3 is 0 Å². The Morgan fingerprint density at radius 3 is 2.70 bits per heavy atom. The molecule has 0 bridgehead atoms. The number of nitrogens with one attached hydrogen (secondary N) is 1. The maximum atomic E-state index is 12.9. The standard InChI is InChI=1S/C25H26N4O4/c1-32-21-11-9-20(10-12-21)29-15-18(14-22(29)30)24(31)26-19-8-4-7-17(13-19)23-27-25(33-28-23)16-5-2-3-6-16/h4,7-13,16,18H,2-3,5-6,14-15H2,1H3,(H,26,31)/t18-/m0/s1. The van der Waals surface area contributed by atoms with E-state index in [0.717, 1.165) is 29.8 Å². The van der Waals surface area contributed by atoms with E-state index in [4.69, 9.17) is 9.26 Å². The summed E-state index contributed by atoms with van der Waals surface area (Å²) in [4.78, 5) is 31.7. The highest BCUT2D eigenvalue weighted by Crippen LogP contribution is 2.34. The van der Waals surface area contributed by atoms with Gasteiger partial charge in [-0.25, -0.2) is 0 Å². The molecule has 5 rings (SSSR count). The number of hydrogen-bond acceptors (Lipinski definition) is 6. The fourth-order valence-corrected chi connectivity index (χ4v) is 4.57. The van der Waals surface area contributed by atoms with Crippen LogP contribution >= 0.6 is 0 Å². The first-order valence-electron chi connectivity index (χ1n) is 11.3. The van der Waals surface area contributed by atoms with Crippen molar-refractivity contribution in [3.63, 3.8) is 0 Å². The van der Waals surface area contributed by atoms with Gasteiger partial charge in [-0.15, -0.1) is 0 Å². The Hall–Kier alpha value is -3.68. The number of methoxy groups -OCH3 is 1. The van der Waals surface area contributed by atoms with Crippen LogP contribution in [0.25, 0.3) is 11.4 Å². The minimum absolute atomic E-state index is 0.0692. The van der Waals surface area contributed by atoms with Crippen molar-refractivity contribution < 1.29 is 18.8 Å². The van der Waals surface area contributed by atoms with Gasteiger partial charge in [0.1, 0.15) is 5.75 Å². The van der Waals surface area contributed by atoms with Gasteiger partial charge in [0, 0.05) is 35.8 Å². The zero-order chi connectivity index (χ0) is 22.8. The number of aromatic nitrogens is 2. The third-order valence-corrected chi connectivity index (χ3v) is 6.41. The molecule has 2 amide bonds. The molecule has 2 aliphatic rings. The summed E-state index contributed by atoms with van der Waals surface area (Å²) in [6.07, 6.45) is 4.75. The lowest BCUT2D eigenvalue weighted by molar-refractivity contribution is -0.122. The number of carbonyl (C=O) groups excluding carboxylic acids is 2. The highest BCUT2D eigenvalue weighted by Gasteiger charge is 2.35. The van der Waals surface area contributed by atoms with Crippen LogP contribution in [-0.4, -0.2) is 35.6 Å². The maximum Gasteiger partial charge on any atom is 0.230 e. The molecule has 0 unspecified atom stereocenters. The first kappa shape index (κ1) is 21.2. The summed E-state index contributed by atoms with van der Waals surface area (Å²) >= 11 is 0. The van der Waals surface area contributed by atoms with Crippen molar-refractivity contribution in [3.8, 4) is 17.1 Å². The summed E-state index contributed by atoms with van der Waals surface area (Å²) in [6, 6.07) is 14.6. The van der Waals surface area contributed by atoms with Crippen molar-refractivity contribution in [3.05, 3.63) is 54.4 Å². The second kappa shape index (κ2) is 9.05. The molecular weight excluding hydrogens is 420 g/mol. The smallest absolute Gasteiger partial charge is 0.230 e. The van der Waals surface area contributed by atoms with Gasteiger partial charge in [0.2, 0.25) is 23.5 Å². The van der Waals surface area contributed by atoms with Crippen molar-refractivity contribution in [2.75, 3.05) is 23.9 Å². The number of hydrogen-bond donors (Lipinski definition) is 1. The predicted molar refractivity (Wildman–Crippen MR) is 123 cm³/mol. The molecule has 1 aliphatic heterocycles. The van der Waals surface area contributed by atoms with Crippen LogP contribution < -0.4 is 15.0 Å². The molecule has 1 aliphatic carbocycles. The minimum Gasteiger partial charge on any atom is -0.497 e. The summed E-state index contributed by atoms with van der Waals surface area (Å²) in [5.41, 5.74) is 2.18. The van der Waals surface area contributed by atoms with Crippen LogP contribution in [0, 0.1) is 5.92 Å². The van der Waals surface area contributed by atoms with Crippen molar-refractivity contribution in [2.24, 2.45) is 5.92 Å². The Bertz CT molecular complexity index is 1150. The first-order chi connectivity index (χ1) is 16.1. The van der Waals surface area contributed by atoms with E-state index in [2.05, 4.69) is 15.5 Å². The van der Waals surface area contributed by atoms with Gasteiger partial charge in [0.05, 0.1) is 13.0 Å². The maximum absolute atomic E-state index is 12.9. The van der Waals surface area contributed by atoms with E-state index in [1.807, 2.05) is 36.4 Å². The largest absolute Gasteiger partial charge is 0.497 e. The summed E-state index contributed by atoms with van der Waals surface area (Å²) in [7, 11) is 1.60. The summed E-state index contributed by atoms with van der Waals surface area (Å²) in [5.74, 6) is 1.60. The van der Waals surface area contributed by atoms with Gasteiger partial charge in [-0.1, -0.05) is 30.1 Å². The van der Waals surface area contributed by atoms with E-state index in [1.165, 1.54) is 12.8 Å². The van der Waals surface area contributed by atoms with Crippen LogP contribution in [-0.2, 0) is 9.59 Å². The van der Waals surface area contributed by atoms with Crippen LogP contribution in [0.5, 0.6) is 5.75 Å². The monoisotopic (exact) mass is 446 g/mol. The molecule has 170 valence electrons. The molecule has 1 saturated heterocycles. The van der Waals surface area contributed by atoms with Crippen LogP contribution in [0.15, 0.2) is 53.1 Å². The van der Waals surface area contributed by atoms with Crippen molar-refractivity contribution >= 4 is 23.2 Å². The lowest BCUT2D eigenvalue weighted by Crippen LogP contribution is -2.28. The Kier molecular flexibility index (Phi) is 5.81. The van der Waals surface area contributed by atoms with Gasteiger partial charge in [0.25, 0.3) is 0 Å². The van der Waals surface area contributed by atoms with Gasteiger partial charge < -0.3 is 19.5 Å². The van der Waals surface area contributed by atoms with Gasteiger partial charge in [-0.2, -0.15) is 4.98 Å². The number of ether oxygens (including phenoxy) is 1. The fourth-order valence-electron chi connectivity index (χ4n) is 4.57. The molecule has 1 saturated carbocycles. The molecule has 0 radical (unpaired) electrons. The van der Waals surface area contributed by atoms with E-state index in [0.29, 0.717) is 29.9 Å². The molecule has 8 nitrogen and oxygen atoms in total. The number of amides is 2. The summed E-state index contributed by atoms with van der Waals surface area (Å²) in [5, 5.41) is 7.08. The fraction of sp³-hybridized carbons (Fsp3) is 0.360. The quantitative estimate of drug-likeness (QED) is 0.603. The molecule has 1 aromatic heterocycles. The Morgan fingerprint density at radius 1 is 1.15 bits per heavy atom. The van der Waals surface area contributed by atoms with Crippen molar-refractivity contribution in [1.82, 2.24) is 10.1 Å². The number of carbonyl (C=O) groups is 2. The minimum atomic E-state index is -0.428. The zero-order valence-electron chi connectivity index (χ0n) is 18.5. The van der Waals surface area contributed by atoms with Gasteiger partial charge in [-0.3, -0.25) is 9.59 Å². The van der Waals surface area contributed by atoms with Crippen LogP contribution in [0.3, 0.4) is 0 Å². The van der Waals surface area contributed by atoms with E-state index in [-0.39, 0.29) is 18.2 Å². The Labute approximate surface area is 191 Å². The van der Waals surface area contributed by atoms with Gasteiger partial charge in [0.15, 0.2) is 0 Å². The molecule has 0 spiro atoms. The number of nitrogens with zero attached hydrogens (tertiary/aromatic N) is 3. The molecular formula is C25H26N4O4. The average molecular weight is 447 g/mol. The lowest BCUT2D eigenvalue weighted by Gasteiger charge is -2.17. The first-order valence-corrected chi connectivity index (χ1v) is 11.3. The molecule has 3 aromatic rings. The molecule has 2 fully saturated rings. The Balaban J connectivity index is 1.25. The van der Waals surface area contributed by atoms with E-state index < -0.39 is 5.92 Å². The third kappa shape index (κ3) is 4.46. The summed E-state index contributed by atoms with van der Waals surface area (Å²) in [6.45, 7) is 0.340. The summed E-state index contributed by atoms with van der Waals surface area (Å²) < 4.78 is 10.7. The zero-order valence-corrected chi connectivity index (χ0v) is 18.5. The second-order valence-electron chi connectivity index (χ2n) is 8.61. The van der Waals surface area contributed by atoms with Crippen LogP contribution in [0.2, 0.25) is 0 Å². The predicted octanol–water partition coefficient (Wildman–Crippen LogP) is 4.39. The molecule has 2 heterocycles. The van der Waals surface area contributed by atoms with Crippen molar-refractivity contribution in [1.29, 1.82) is 0 Å². The molecule has 8 heteroatoms. The second-order valence-corrected chi connectivity index (χ2v) is 8.61. The van der Waals surface area contributed by atoms with Gasteiger partial charge in [-0.05, 0) is 49.2 Å². The normalized spacial score (nSPS) is 18.6. The highest BCUT2D eigenvalue weighted by molar-refractivity contribution is 6.03. The van der Waals surface area contributed by atoms with E-state index >= 15 is 0 Å². The van der Waals surface area contributed by atoms with E-state index in [1.54, 1.807) is 24.1 Å². The average Bonchev–Trinajstić information content (AvgIpc) is 3.60. The molecule has 1 atom stereocenters. The number of anilines is 2.